The Bertz CT molecular complexity index is 1100. The van der Waals surface area contributed by atoms with Crippen LogP contribution in [0.5, 0.6) is 0 Å². The SMILES string of the molecule is O=c1c2ccccc2nc(C2CCCN2Cc2nnc3n2CCCCC3)n1CCO. The van der Waals surface area contributed by atoms with Crippen molar-refractivity contribution in [1.82, 2.24) is 29.2 Å². The fourth-order valence-corrected chi connectivity index (χ4v) is 4.91. The van der Waals surface area contributed by atoms with E-state index in [0.717, 1.165) is 55.3 Å². The third kappa shape index (κ3) is 3.44. The third-order valence-corrected chi connectivity index (χ3v) is 6.41. The normalized spacial score (nSPS) is 19.8. The largest absolute Gasteiger partial charge is 0.395 e. The van der Waals surface area contributed by atoms with Gasteiger partial charge in [-0.3, -0.25) is 14.3 Å². The van der Waals surface area contributed by atoms with Crippen molar-refractivity contribution in [2.45, 2.75) is 64.2 Å². The summed E-state index contributed by atoms with van der Waals surface area (Å²) >= 11 is 0. The Morgan fingerprint density at radius 3 is 2.87 bits per heavy atom. The minimum Gasteiger partial charge on any atom is -0.395 e. The van der Waals surface area contributed by atoms with Gasteiger partial charge >= 0.3 is 0 Å². The smallest absolute Gasteiger partial charge is 0.261 e. The molecule has 1 saturated heterocycles. The average Bonchev–Trinajstić information content (AvgIpc) is 3.30. The molecule has 158 valence electrons. The van der Waals surface area contributed by atoms with Gasteiger partial charge in [0.1, 0.15) is 17.5 Å². The van der Waals surface area contributed by atoms with Crippen molar-refractivity contribution >= 4 is 10.9 Å². The van der Waals surface area contributed by atoms with Gasteiger partial charge in [-0.2, -0.15) is 0 Å². The molecular weight excluding hydrogens is 380 g/mol. The summed E-state index contributed by atoms with van der Waals surface area (Å²) in [6.45, 7) is 2.81. The molecule has 2 aliphatic rings. The second-order valence-corrected chi connectivity index (χ2v) is 8.29. The van der Waals surface area contributed by atoms with Crippen LogP contribution >= 0.6 is 0 Å². The van der Waals surface area contributed by atoms with Gasteiger partial charge in [-0.15, -0.1) is 10.2 Å². The topological polar surface area (TPSA) is 89.1 Å². The van der Waals surface area contributed by atoms with E-state index in [1.165, 1.54) is 19.3 Å². The van der Waals surface area contributed by atoms with E-state index in [9.17, 15) is 9.90 Å². The number of aliphatic hydroxyl groups is 1. The van der Waals surface area contributed by atoms with E-state index in [2.05, 4.69) is 19.7 Å². The molecule has 1 aromatic carbocycles. The van der Waals surface area contributed by atoms with Gasteiger partial charge in [-0.05, 0) is 44.4 Å². The van der Waals surface area contributed by atoms with E-state index in [4.69, 9.17) is 4.98 Å². The first-order valence-corrected chi connectivity index (χ1v) is 11.0. The number of hydrogen-bond acceptors (Lipinski definition) is 6. The van der Waals surface area contributed by atoms with Crippen LogP contribution in [0.2, 0.25) is 0 Å². The number of fused-ring (bicyclic) bond motifs is 2. The number of hydrogen-bond donors (Lipinski definition) is 1. The van der Waals surface area contributed by atoms with Crippen molar-refractivity contribution in [1.29, 1.82) is 0 Å². The summed E-state index contributed by atoms with van der Waals surface area (Å²) in [4.78, 5) is 20.4. The lowest BCUT2D eigenvalue weighted by Crippen LogP contribution is -2.33. The Hall–Kier alpha value is -2.58. The van der Waals surface area contributed by atoms with Crippen LogP contribution in [0.25, 0.3) is 10.9 Å². The van der Waals surface area contributed by atoms with E-state index >= 15 is 0 Å². The fourth-order valence-electron chi connectivity index (χ4n) is 4.91. The quantitative estimate of drug-likeness (QED) is 0.695. The lowest BCUT2D eigenvalue weighted by atomic mass is 10.1. The number of aromatic nitrogens is 5. The predicted octanol–water partition coefficient (Wildman–Crippen LogP) is 2.04. The summed E-state index contributed by atoms with van der Waals surface area (Å²) in [6.07, 6.45) is 6.58. The lowest BCUT2D eigenvalue weighted by molar-refractivity contribution is 0.216. The average molecular weight is 409 g/mol. The lowest BCUT2D eigenvalue weighted by Gasteiger charge is -2.26. The van der Waals surface area contributed by atoms with Crippen molar-refractivity contribution < 1.29 is 5.11 Å². The Labute approximate surface area is 175 Å². The van der Waals surface area contributed by atoms with Gasteiger partial charge in [0.15, 0.2) is 0 Å². The van der Waals surface area contributed by atoms with Crippen LogP contribution < -0.4 is 5.56 Å². The molecule has 0 saturated carbocycles. The highest BCUT2D eigenvalue weighted by Gasteiger charge is 2.31. The molecule has 2 aromatic heterocycles. The predicted molar refractivity (Wildman–Crippen MR) is 113 cm³/mol. The number of para-hydroxylation sites is 1. The van der Waals surface area contributed by atoms with E-state index < -0.39 is 0 Å². The summed E-state index contributed by atoms with van der Waals surface area (Å²) in [5.74, 6) is 2.86. The molecule has 1 unspecified atom stereocenters. The molecule has 3 aromatic rings. The molecule has 0 radical (unpaired) electrons. The van der Waals surface area contributed by atoms with Crippen molar-refractivity contribution in [3.8, 4) is 0 Å². The van der Waals surface area contributed by atoms with Crippen LogP contribution in [0, 0.1) is 0 Å². The second kappa shape index (κ2) is 8.28. The zero-order valence-electron chi connectivity index (χ0n) is 17.2. The molecule has 1 atom stereocenters. The number of aryl methyl sites for hydroxylation is 1. The van der Waals surface area contributed by atoms with Crippen LogP contribution in [0.4, 0.5) is 0 Å². The van der Waals surface area contributed by atoms with E-state index in [1.807, 2.05) is 18.2 Å². The summed E-state index contributed by atoms with van der Waals surface area (Å²) in [7, 11) is 0. The third-order valence-electron chi connectivity index (χ3n) is 6.41. The number of benzene rings is 1. The van der Waals surface area contributed by atoms with Gasteiger partial charge in [-0.1, -0.05) is 18.6 Å². The highest BCUT2D eigenvalue weighted by molar-refractivity contribution is 5.77. The molecule has 2 aliphatic heterocycles. The van der Waals surface area contributed by atoms with Gasteiger partial charge in [0.05, 0.1) is 36.6 Å². The standard InChI is InChI=1S/C22H28N6O2/c29-14-13-28-21(23-17-8-4-3-7-16(17)22(28)30)18-9-6-11-26(18)15-20-25-24-19-10-2-1-5-12-27(19)20/h3-4,7-8,18,29H,1-2,5-6,9-15H2. The highest BCUT2D eigenvalue weighted by atomic mass is 16.3. The van der Waals surface area contributed by atoms with Crippen molar-refractivity contribution in [2.24, 2.45) is 0 Å². The van der Waals surface area contributed by atoms with Gasteiger partial charge in [-0.25, -0.2) is 4.98 Å². The zero-order chi connectivity index (χ0) is 20.5. The Kier molecular flexibility index (Phi) is 5.35. The first kappa shape index (κ1) is 19.4. The van der Waals surface area contributed by atoms with Gasteiger partial charge in [0.2, 0.25) is 0 Å². The summed E-state index contributed by atoms with van der Waals surface area (Å²) in [6, 6.07) is 7.49. The number of rotatable bonds is 5. The van der Waals surface area contributed by atoms with Crippen LogP contribution in [-0.4, -0.2) is 47.5 Å². The van der Waals surface area contributed by atoms with Crippen molar-refractivity contribution in [3.63, 3.8) is 0 Å². The molecule has 1 N–H and O–H groups in total. The van der Waals surface area contributed by atoms with Crippen LogP contribution in [0.15, 0.2) is 29.1 Å². The molecule has 0 bridgehead atoms. The molecule has 8 heteroatoms. The molecule has 1 fully saturated rings. The Morgan fingerprint density at radius 1 is 1.07 bits per heavy atom. The van der Waals surface area contributed by atoms with Gasteiger partial charge < -0.3 is 9.67 Å². The van der Waals surface area contributed by atoms with E-state index in [-0.39, 0.29) is 24.8 Å². The molecular formula is C22H28N6O2. The first-order chi connectivity index (χ1) is 14.8. The maximum Gasteiger partial charge on any atom is 0.261 e. The van der Waals surface area contributed by atoms with E-state index in [1.54, 1.807) is 10.6 Å². The number of aliphatic hydroxyl groups excluding tert-OH is 1. The van der Waals surface area contributed by atoms with Crippen LogP contribution in [0.1, 0.15) is 55.6 Å². The van der Waals surface area contributed by atoms with E-state index in [0.29, 0.717) is 11.9 Å². The minimum absolute atomic E-state index is 0.0348. The Balaban J connectivity index is 1.51. The molecule has 4 heterocycles. The maximum absolute atomic E-state index is 13.1. The number of likely N-dealkylation sites (tertiary alicyclic amines) is 1. The summed E-state index contributed by atoms with van der Waals surface area (Å²) in [5, 5.41) is 19.1. The van der Waals surface area contributed by atoms with Crippen molar-refractivity contribution in [3.05, 3.63) is 52.1 Å². The monoisotopic (exact) mass is 408 g/mol. The second-order valence-electron chi connectivity index (χ2n) is 8.29. The first-order valence-electron chi connectivity index (χ1n) is 11.0. The van der Waals surface area contributed by atoms with Crippen LogP contribution in [-0.2, 0) is 26.1 Å². The highest BCUT2D eigenvalue weighted by Crippen LogP contribution is 2.32. The molecule has 30 heavy (non-hydrogen) atoms. The van der Waals surface area contributed by atoms with Gasteiger partial charge in [0, 0.05) is 13.0 Å². The molecule has 0 aliphatic carbocycles. The summed E-state index contributed by atoms with van der Waals surface area (Å²) < 4.78 is 3.95. The van der Waals surface area contributed by atoms with Crippen molar-refractivity contribution in [2.75, 3.05) is 13.2 Å². The minimum atomic E-state index is -0.0860. The fraction of sp³-hybridized carbons (Fsp3) is 0.545. The van der Waals surface area contributed by atoms with Gasteiger partial charge in [0.25, 0.3) is 5.56 Å². The molecule has 0 amide bonds. The molecule has 0 spiro atoms. The Morgan fingerprint density at radius 2 is 1.97 bits per heavy atom. The molecule has 5 rings (SSSR count). The van der Waals surface area contributed by atoms with Crippen LogP contribution in [0.3, 0.4) is 0 Å². The molecule has 8 nitrogen and oxygen atoms in total. The maximum atomic E-state index is 13.1. The summed E-state index contributed by atoms with van der Waals surface area (Å²) in [5.41, 5.74) is 0.641. The zero-order valence-corrected chi connectivity index (χ0v) is 17.2. The number of nitrogens with zero attached hydrogens (tertiary/aromatic N) is 6.